The Hall–Kier alpha value is -3.50. The Kier molecular flexibility index (Phi) is 5.61. The fourth-order valence-corrected chi connectivity index (χ4v) is 2.13. The summed E-state index contributed by atoms with van der Waals surface area (Å²) in [5.74, 6) is -1.00. The first-order chi connectivity index (χ1) is 12.0. The highest BCUT2D eigenvalue weighted by Crippen LogP contribution is 2.34. The van der Waals surface area contributed by atoms with Crippen LogP contribution in [-0.4, -0.2) is 28.0 Å². The highest BCUT2D eigenvalue weighted by Gasteiger charge is 2.27. The minimum absolute atomic E-state index is 0.169. The van der Waals surface area contributed by atoms with E-state index < -0.39 is 16.4 Å². The molecule has 11 heteroatoms. The van der Waals surface area contributed by atoms with Gasteiger partial charge in [0.2, 0.25) is 11.6 Å². The maximum Gasteiger partial charge on any atom is 0.353 e. The van der Waals surface area contributed by atoms with E-state index in [-0.39, 0.29) is 35.4 Å². The van der Waals surface area contributed by atoms with Gasteiger partial charge in [-0.25, -0.2) is 14.4 Å². The molecular formula is C14H9ClFN7O2. The van der Waals surface area contributed by atoms with Crippen LogP contribution in [0.3, 0.4) is 0 Å². The molecule has 0 amide bonds. The normalized spacial score (nSPS) is 9.76. The van der Waals surface area contributed by atoms with E-state index >= 15 is 0 Å². The highest BCUT2D eigenvalue weighted by molar-refractivity contribution is 6.31. The van der Waals surface area contributed by atoms with Crippen LogP contribution in [0.5, 0.6) is 0 Å². The summed E-state index contributed by atoms with van der Waals surface area (Å²) in [7, 11) is 0. The van der Waals surface area contributed by atoms with E-state index in [0.29, 0.717) is 0 Å². The van der Waals surface area contributed by atoms with Gasteiger partial charge in [0, 0.05) is 5.69 Å². The number of nitrogens with zero attached hydrogens (tertiary/aromatic N) is 6. The number of halogens is 2. The number of anilines is 3. The molecule has 0 atom stereocenters. The second kappa shape index (κ2) is 7.86. The van der Waals surface area contributed by atoms with Gasteiger partial charge in [0.05, 0.1) is 22.1 Å². The van der Waals surface area contributed by atoms with Crippen LogP contribution in [0.15, 0.2) is 24.5 Å². The average molecular weight is 362 g/mol. The Morgan fingerprint density at radius 1 is 1.32 bits per heavy atom. The maximum absolute atomic E-state index is 13.2. The Morgan fingerprint density at radius 2 is 2.00 bits per heavy atom. The van der Waals surface area contributed by atoms with E-state index in [1.165, 1.54) is 12.1 Å². The predicted molar refractivity (Wildman–Crippen MR) is 86.8 cm³/mol. The van der Waals surface area contributed by atoms with Crippen molar-refractivity contribution in [2.75, 3.05) is 23.3 Å². The van der Waals surface area contributed by atoms with Crippen molar-refractivity contribution in [2.45, 2.75) is 0 Å². The van der Waals surface area contributed by atoms with E-state index in [9.17, 15) is 14.5 Å². The first kappa shape index (κ1) is 17.8. The molecule has 0 bridgehead atoms. The minimum atomic E-state index is -0.732. The molecule has 0 aliphatic rings. The van der Waals surface area contributed by atoms with Gasteiger partial charge in [-0.3, -0.25) is 10.1 Å². The van der Waals surface area contributed by atoms with E-state index in [4.69, 9.17) is 22.1 Å². The Balaban J connectivity index is 2.50. The topological polar surface area (TPSA) is 132 Å². The van der Waals surface area contributed by atoms with Gasteiger partial charge in [-0.2, -0.15) is 10.5 Å². The molecule has 9 nitrogen and oxygen atoms in total. The van der Waals surface area contributed by atoms with Gasteiger partial charge in [0.25, 0.3) is 0 Å². The monoisotopic (exact) mass is 361 g/mol. The van der Waals surface area contributed by atoms with E-state index in [1.807, 2.05) is 12.1 Å². The van der Waals surface area contributed by atoms with Crippen molar-refractivity contribution in [3.05, 3.63) is 45.5 Å². The first-order valence-corrected chi connectivity index (χ1v) is 7.06. The summed E-state index contributed by atoms with van der Waals surface area (Å²) in [6.45, 7) is -0.541. The van der Waals surface area contributed by atoms with Gasteiger partial charge in [0.1, 0.15) is 25.2 Å². The lowest BCUT2D eigenvalue weighted by Gasteiger charge is -2.17. The average Bonchev–Trinajstić information content (AvgIpc) is 2.57. The van der Waals surface area contributed by atoms with E-state index in [2.05, 4.69) is 15.3 Å². The summed E-state index contributed by atoms with van der Waals surface area (Å²) < 4.78 is 13.2. The summed E-state index contributed by atoms with van der Waals surface area (Å²) in [6.07, 6.45) is 1.05. The molecule has 0 unspecified atom stereocenters. The molecule has 1 aromatic carbocycles. The summed E-state index contributed by atoms with van der Waals surface area (Å²) in [5.41, 5.74) is -0.250. The van der Waals surface area contributed by atoms with Crippen molar-refractivity contribution in [3.8, 4) is 12.1 Å². The number of benzene rings is 1. The smallest absolute Gasteiger partial charge is 0.334 e. The number of aromatic nitrogens is 2. The quantitative estimate of drug-likeness (QED) is 0.472. The van der Waals surface area contributed by atoms with Crippen molar-refractivity contribution in [3.63, 3.8) is 0 Å². The Bertz CT molecular complexity index is 878. The third-order valence-corrected chi connectivity index (χ3v) is 3.28. The molecule has 2 rings (SSSR count). The second-order valence-corrected chi connectivity index (χ2v) is 4.98. The van der Waals surface area contributed by atoms with Gasteiger partial charge >= 0.3 is 5.69 Å². The molecule has 0 aliphatic carbocycles. The molecule has 0 aliphatic heterocycles. The zero-order valence-corrected chi connectivity index (χ0v) is 13.2. The SMILES string of the molecule is N#CCN(CC#N)c1ncnc(Nc2ccc(F)c(Cl)c2)c1[N+](=O)[O-]. The predicted octanol–water partition coefficient (Wildman–Crippen LogP) is 2.77. The molecule has 0 spiro atoms. The van der Waals surface area contributed by atoms with Crippen LogP contribution >= 0.6 is 11.6 Å². The van der Waals surface area contributed by atoms with Gasteiger partial charge in [-0.1, -0.05) is 11.6 Å². The number of rotatable bonds is 6. The lowest BCUT2D eigenvalue weighted by molar-refractivity contribution is -0.383. The number of nitrogens with one attached hydrogen (secondary N) is 1. The lowest BCUT2D eigenvalue weighted by Crippen LogP contribution is -2.26. The van der Waals surface area contributed by atoms with Crippen molar-refractivity contribution >= 4 is 34.6 Å². The van der Waals surface area contributed by atoms with Crippen molar-refractivity contribution in [1.29, 1.82) is 10.5 Å². The largest absolute Gasteiger partial charge is 0.353 e. The zero-order valence-electron chi connectivity index (χ0n) is 12.5. The number of nitriles is 2. The summed E-state index contributed by atoms with van der Waals surface area (Å²) >= 11 is 5.68. The number of hydrogen-bond acceptors (Lipinski definition) is 8. The van der Waals surface area contributed by atoms with Gasteiger partial charge < -0.3 is 10.2 Å². The van der Waals surface area contributed by atoms with Gasteiger partial charge in [0.15, 0.2) is 0 Å². The van der Waals surface area contributed by atoms with E-state index in [0.717, 1.165) is 17.3 Å². The molecule has 2 aromatic rings. The van der Waals surface area contributed by atoms with Crippen molar-refractivity contribution < 1.29 is 9.31 Å². The summed E-state index contributed by atoms with van der Waals surface area (Å²) in [4.78, 5) is 19.5. The molecule has 0 saturated carbocycles. The minimum Gasteiger partial charge on any atom is -0.334 e. The third kappa shape index (κ3) is 4.07. The molecule has 126 valence electrons. The standard InChI is InChI=1S/C14H9ClFN7O2/c15-10-7-9(1-2-11(10)16)21-13-12(23(24)25)14(20-8-19-13)22(5-3-17)6-4-18/h1-2,7-8H,5-6H2,(H,19,20,21). The zero-order chi connectivity index (χ0) is 18.4. The van der Waals surface area contributed by atoms with Crippen molar-refractivity contribution in [1.82, 2.24) is 9.97 Å². The third-order valence-electron chi connectivity index (χ3n) is 2.99. The second-order valence-electron chi connectivity index (χ2n) is 4.58. The maximum atomic E-state index is 13.2. The molecule has 0 radical (unpaired) electrons. The fourth-order valence-electron chi connectivity index (χ4n) is 1.95. The molecule has 1 heterocycles. The Morgan fingerprint density at radius 3 is 2.56 bits per heavy atom. The Labute approximate surface area is 146 Å². The fraction of sp³-hybridized carbons (Fsp3) is 0.143. The number of nitro groups is 1. The molecule has 1 aromatic heterocycles. The molecule has 25 heavy (non-hydrogen) atoms. The molecular weight excluding hydrogens is 353 g/mol. The molecule has 1 N–H and O–H groups in total. The summed E-state index contributed by atoms with van der Waals surface area (Å²) in [6, 6.07) is 7.29. The van der Waals surface area contributed by atoms with Crippen LogP contribution in [0.25, 0.3) is 0 Å². The van der Waals surface area contributed by atoms with Crippen LogP contribution in [0.2, 0.25) is 5.02 Å². The van der Waals surface area contributed by atoms with Crippen LogP contribution in [0, 0.1) is 38.6 Å². The van der Waals surface area contributed by atoms with Gasteiger partial charge in [-0.05, 0) is 18.2 Å². The van der Waals surface area contributed by atoms with Crippen LogP contribution in [-0.2, 0) is 0 Å². The summed E-state index contributed by atoms with van der Waals surface area (Å²) in [5, 5.41) is 31.6. The van der Waals surface area contributed by atoms with Crippen molar-refractivity contribution in [2.24, 2.45) is 0 Å². The molecule has 0 fully saturated rings. The van der Waals surface area contributed by atoms with Gasteiger partial charge in [-0.15, -0.1) is 0 Å². The van der Waals surface area contributed by atoms with Crippen LogP contribution < -0.4 is 10.2 Å². The lowest BCUT2D eigenvalue weighted by atomic mass is 10.3. The van der Waals surface area contributed by atoms with E-state index in [1.54, 1.807) is 0 Å². The highest BCUT2D eigenvalue weighted by atomic mass is 35.5. The number of hydrogen-bond donors (Lipinski definition) is 1. The van der Waals surface area contributed by atoms with Crippen LogP contribution in [0.4, 0.5) is 27.4 Å². The van der Waals surface area contributed by atoms with Crippen LogP contribution in [0.1, 0.15) is 0 Å². The molecule has 0 saturated heterocycles. The first-order valence-electron chi connectivity index (χ1n) is 6.68.